The highest BCUT2D eigenvalue weighted by Gasteiger charge is 2.17. The van der Waals surface area contributed by atoms with Gasteiger partial charge in [0.05, 0.1) is 0 Å². The maximum absolute atomic E-state index is 12.7. The molecular weight excluding hydrogens is 255 g/mol. The molecule has 0 fully saturated rings. The molecule has 0 atom stereocenters. The first-order valence-electron chi connectivity index (χ1n) is 5.25. The molecular formula is C13H11FO3S. The molecule has 18 heavy (non-hydrogen) atoms. The molecule has 2 rings (SSSR count). The van der Waals surface area contributed by atoms with Gasteiger partial charge in [0.1, 0.15) is 16.5 Å². The van der Waals surface area contributed by atoms with Gasteiger partial charge in [-0.15, -0.1) is 0 Å². The molecule has 0 radical (unpaired) electrons. The van der Waals surface area contributed by atoms with Crippen molar-refractivity contribution in [2.24, 2.45) is 0 Å². The van der Waals surface area contributed by atoms with E-state index < -0.39 is 15.9 Å². The lowest BCUT2D eigenvalue weighted by atomic mass is 10.2. The SMILES string of the molecule is Cc1ccccc1OS(=O)(=O)c1ccc(F)cc1. The first-order valence-corrected chi connectivity index (χ1v) is 6.65. The summed E-state index contributed by atoms with van der Waals surface area (Å²) in [6, 6.07) is 11.3. The minimum atomic E-state index is -3.92. The maximum atomic E-state index is 12.7. The second-order valence-electron chi connectivity index (χ2n) is 3.76. The third-order valence-electron chi connectivity index (χ3n) is 2.40. The van der Waals surface area contributed by atoms with E-state index in [1.807, 2.05) is 0 Å². The summed E-state index contributed by atoms with van der Waals surface area (Å²) in [5.41, 5.74) is 0.711. The number of para-hydroxylation sites is 1. The Balaban J connectivity index is 2.33. The van der Waals surface area contributed by atoms with Gasteiger partial charge in [-0.05, 0) is 42.8 Å². The van der Waals surface area contributed by atoms with Crippen LogP contribution in [0, 0.1) is 12.7 Å². The van der Waals surface area contributed by atoms with Gasteiger partial charge in [-0.1, -0.05) is 18.2 Å². The first-order chi connectivity index (χ1) is 8.49. The molecule has 2 aromatic rings. The molecule has 0 spiro atoms. The Kier molecular flexibility index (Phi) is 3.34. The zero-order valence-corrected chi connectivity index (χ0v) is 10.4. The van der Waals surface area contributed by atoms with Crippen molar-refractivity contribution >= 4 is 10.1 Å². The van der Waals surface area contributed by atoms with Gasteiger partial charge in [0, 0.05) is 0 Å². The van der Waals surface area contributed by atoms with Gasteiger partial charge >= 0.3 is 10.1 Å². The summed E-state index contributed by atoms with van der Waals surface area (Å²) in [4.78, 5) is -0.0767. The molecule has 0 amide bonds. The van der Waals surface area contributed by atoms with Crippen LogP contribution in [0.4, 0.5) is 4.39 Å². The van der Waals surface area contributed by atoms with Crippen LogP contribution in [-0.4, -0.2) is 8.42 Å². The van der Waals surface area contributed by atoms with Crippen molar-refractivity contribution in [1.29, 1.82) is 0 Å². The summed E-state index contributed by atoms with van der Waals surface area (Å²) < 4.78 is 41.6. The van der Waals surface area contributed by atoms with E-state index in [0.717, 1.165) is 12.1 Å². The molecule has 0 saturated heterocycles. The van der Waals surface area contributed by atoms with Crippen LogP contribution in [0.3, 0.4) is 0 Å². The fraction of sp³-hybridized carbons (Fsp3) is 0.0769. The van der Waals surface area contributed by atoms with Crippen LogP contribution in [0.25, 0.3) is 0 Å². The molecule has 0 aromatic heterocycles. The van der Waals surface area contributed by atoms with Crippen molar-refractivity contribution in [3.05, 3.63) is 59.9 Å². The molecule has 0 unspecified atom stereocenters. The average Bonchev–Trinajstić information content (AvgIpc) is 2.32. The van der Waals surface area contributed by atoms with Crippen LogP contribution in [0.2, 0.25) is 0 Å². The molecule has 0 heterocycles. The van der Waals surface area contributed by atoms with Crippen molar-refractivity contribution in [1.82, 2.24) is 0 Å². The molecule has 0 aliphatic heterocycles. The predicted octanol–water partition coefficient (Wildman–Crippen LogP) is 2.90. The van der Waals surface area contributed by atoms with E-state index in [2.05, 4.69) is 0 Å². The van der Waals surface area contributed by atoms with Crippen LogP contribution in [0.5, 0.6) is 5.75 Å². The zero-order chi connectivity index (χ0) is 13.2. The Morgan fingerprint density at radius 1 is 1.00 bits per heavy atom. The van der Waals surface area contributed by atoms with Crippen LogP contribution in [0.15, 0.2) is 53.4 Å². The van der Waals surface area contributed by atoms with E-state index in [9.17, 15) is 12.8 Å². The second-order valence-corrected chi connectivity index (χ2v) is 5.30. The summed E-state index contributed by atoms with van der Waals surface area (Å²) in [6.07, 6.45) is 0. The highest BCUT2D eigenvalue weighted by Crippen LogP contribution is 2.22. The summed E-state index contributed by atoms with van der Waals surface area (Å²) >= 11 is 0. The van der Waals surface area contributed by atoms with E-state index in [1.54, 1.807) is 31.2 Å². The molecule has 0 aliphatic rings. The molecule has 0 aliphatic carbocycles. The minimum absolute atomic E-state index is 0.0767. The standard InChI is InChI=1S/C13H11FO3S/c1-10-4-2-3-5-13(10)17-18(15,16)12-8-6-11(14)7-9-12/h2-9H,1H3. The van der Waals surface area contributed by atoms with Gasteiger partial charge in [0.25, 0.3) is 0 Å². The monoisotopic (exact) mass is 266 g/mol. The highest BCUT2D eigenvalue weighted by molar-refractivity contribution is 7.87. The largest absolute Gasteiger partial charge is 0.379 e. The lowest BCUT2D eigenvalue weighted by molar-refractivity contribution is 0.484. The van der Waals surface area contributed by atoms with E-state index in [-0.39, 0.29) is 10.6 Å². The van der Waals surface area contributed by atoms with Crippen LogP contribution in [0.1, 0.15) is 5.56 Å². The lowest BCUT2D eigenvalue weighted by Crippen LogP contribution is -2.10. The van der Waals surface area contributed by atoms with Crippen LogP contribution in [-0.2, 0) is 10.1 Å². The summed E-state index contributed by atoms with van der Waals surface area (Å²) in [5.74, 6) is -0.230. The van der Waals surface area contributed by atoms with Gasteiger partial charge < -0.3 is 4.18 Å². The molecule has 94 valence electrons. The number of benzene rings is 2. The number of rotatable bonds is 3. The van der Waals surface area contributed by atoms with Gasteiger partial charge in [0.15, 0.2) is 0 Å². The van der Waals surface area contributed by atoms with E-state index >= 15 is 0 Å². The Hall–Kier alpha value is -1.88. The lowest BCUT2D eigenvalue weighted by Gasteiger charge is -2.08. The topological polar surface area (TPSA) is 43.4 Å². The van der Waals surface area contributed by atoms with E-state index in [0.29, 0.717) is 5.56 Å². The average molecular weight is 266 g/mol. The zero-order valence-electron chi connectivity index (χ0n) is 9.63. The quantitative estimate of drug-likeness (QED) is 0.802. The summed E-state index contributed by atoms with van der Waals surface area (Å²) in [7, 11) is -3.92. The molecule has 2 aromatic carbocycles. The van der Waals surface area contributed by atoms with Gasteiger partial charge in [-0.2, -0.15) is 8.42 Å². The summed E-state index contributed by atoms with van der Waals surface area (Å²) in [6.45, 7) is 1.75. The third-order valence-corrected chi connectivity index (χ3v) is 3.64. The predicted molar refractivity (Wildman–Crippen MR) is 65.4 cm³/mol. The first kappa shape index (κ1) is 12.6. The number of hydrogen-bond donors (Lipinski definition) is 0. The highest BCUT2D eigenvalue weighted by atomic mass is 32.2. The smallest absolute Gasteiger partial charge is 0.339 e. The molecule has 3 nitrogen and oxygen atoms in total. The fourth-order valence-corrected chi connectivity index (χ4v) is 2.41. The third kappa shape index (κ3) is 2.68. The van der Waals surface area contributed by atoms with Crippen molar-refractivity contribution in [2.75, 3.05) is 0 Å². The Morgan fingerprint density at radius 2 is 1.61 bits per heavy atom. The molecule has 0 bridgehead atoms. The van der Waals surface area contributed by atoms with Gasteiger partial charge in [-0.25, -0.2) is 4.39 Å². The molecule has 0 N–H and O–H groups in total. The fourth-order valence-electron chi connectivity index (χ4n) is 1.42. The molecule has 5 heteroatoms. The minimum Gasteiger partial charge on any atom is -0.379 e. The van der Waals surface area contributed by atoms with Crippen molar-refractivity contribution in [2.45, 2.75) is 11.8 Å². The van der Waals surface area contributed by atoms with Gasteiger partial charge in [-0.3, -0.25) is 0 Å². The number of aryl methyl sites for hydroxylation is 1. The van der Waals surface area contributed by atoms with Crippen LogP contribution >= 0.6 is 0 Å². The van der Waals surface area contributed by atoms with Crippen LogP contribution < -0.4 is 4.18 Å². The normalized spacial score (nSPS) is 11.2. The van der Waals surface area contributed by atoms with Crippen molar-refractivity contribution in [3.63, 3.8) is 0 Å². The Labute approximate surface area is 105 Å². The molecule has 0 saturated carbocycles. The van der Waals surface area contributed by atoms with Gasteiger partial charge in [0.2, 0.25) is 0 Å². The van der Waals surface area contributed by atoms with Crippen molar-refractivity contribution in [3.8, 4) is 5.75 Å². The number of hydrogen-bond acceptors (Lipinski definition) is 3. The van der Waals surface area contributed by atoms with E-state index in [1.165, 1.54) is 12.1 Å². The Bertz CT molecular complexity index is 648. The van der Waals surface area contributed by atoms with E-state index in [4.69, 9.17) is 4.18 Å². The summed E-state index contributed by atoms with van der Waals surface area (Å²) in [5, 5.41) is 0. The second kappa shape index (κ2) is 4.78. The maximum Gasteiger partial charge on any atom is 0.339 e. The number of halogens is 1. The van der Waals surface area contributed by atoms with Crippen molar-refractivity contribution < 1.29 is 17.0 Å². The Morgan fingerprint density at radius 3 is 2.22 bits per heavy atom.